The van der Waals surface area contributed by atoms with Crippen LogP contribution in [-0.4, -0.2) is 16.3 Å². The van der Waals surface area contributed by atoms with Gasteiger partial charge in [0.15, 0.2) is 0 Å². The first kappa shape index (κ1) is 14.9. The quantitative estimate of drug-likeness (QED) is 0.916. The summed E-state index contributed by atoms with van der Waals surface area (Å²) in [6.45, 7) is 8.39. The van der Waals surface area contributed by atoms with Gasteiger partial charge in [-0.15, -0.1) is 0 Å². The minimum absolute atomic E-state index is 0.473. The predicted molar refractivity (Wildman–Crippen MR) is 80.4 cm³/mol. The lowest BCUT2D eigenvalue weighted by atomic mass is 9.69. The van der Waals surface area contributed by atoms with Gasteiger partial charge in [-0.2, -0.15) is 5.10 Å². The molecule has 1 saturated carbocycles. The van der Waals surface area contributed by atoms with E-state index in [1.165, 1.54) is 25.0 Å². The highest BCUT2D eigenvalue weighted by Gasteiger charge is 2.35. The summed E-state index contributed by atoms with van der Waals surface area (Å²) >= 11 is 6.38. The molecule has 0 radical (unpaired) electrons. The number of halogens is 1. The van der Waals surface area contributed by atoms with Gasteiger partial charge in [-0.1, -0.05) is 25.4 Å². The number of hydrogen-bond donors (Lipinski definition) is 1. The molecular weight excluding hydrogens is 258 g/mol. The van der Waals surface area contributed by atoms with E-state index in [9.17, 15) is 0 Å². The first-order valence-electron chi connectivity index (χ1n) is 7.49. The molecule has 3 nitrogen and oxygen atoms in total. The lowest BCUT2D eigenvalue weighted by Crippen LogP contribution is -2.32. The summed E-state index contributed by atoms with van der Waals surface area (Å²) in [4.78, 5) is 0. The topological polar surface area (TPSA) is 43.8 Å². The van der Waals surface area contributed by atoms with E-state index in [2.05, 4.69) is 30.6 Å². The van der Waals surface area contributed by atoms with Crippen molar-refractivity contribution in [3.63, 3.8) is 0 Å². The number of nitrogens with zero attached hydrogens (tertiary/aromatic N) is 2. The monoisotopic (exact) mass is 283 g/mol. The molecule has 4 heteroatoms. The summed E-state index contributed by atoms with van der Waals surface area (Å²) in [5.74, 6) is 2.54. The van der Waals surface area contributed by atoms with Gasteiger partial charge in [0.05, 0.1) is 16.9 Å². The zero-order chi connectivity index (χ0) is 14.0. The van der Waals surface area contributed by atoms with Gasteiger partial charge in [0, 0.05) is 12.5 Å². The molecule has 3 atom stereocenters. The second-order valence-electron chi connectivity index (χ2n) is 6.11. The van der Waals surface area contributed by atoms with E-state index < -0.39 is 0 Å². The summed E-state index contributed by atoms with van der Waals surface area (Å²) in [6.07, 6.45) is 5.50. The maximum absolute atomic E-state index is 6.38. The molecule has 108 valence electrons. The maximum Gasteiger partial charge on any atom is 0.0820 e. The van der Waals surface area contributed by atoms with E-state index >= 15 is 0 Å². The molecule has 1 aromatic rings. The van der Waals surface area contributed by atoms with Crippen molar-refractivity contribution in [2.75, 3.05) is 6.54 Å². The Balaban J connectivity index is 2.29. The summed E-state index contributed by atoms with van der Waals surface area (Å²) in [7, 11) is 0. The third-order valence-electron chi connectivity index (χ3n) is 4.76. The summed E-state index contributed by atoms with van der Waals surface area (Å²) in [5.41, 5.74) is 7.20. The average molecular weight is 284 g/mol. The van der Waals surface area contributed by atoms with Crippen molar-refractivity contribution < 1.29 is 0 Å². The van der Waals surface area contributed by atoms with Gasteiger partial charge in [-0.05, 0) is 50.5 Å². The largest absolute Gasteiger partial charge is 0.330 e. The fourth-order valence-corrected chi connectivity index (χ4v) is 3.76. The highest BCUT2D eigenvalue weighted by Crippen LogP contribution is 2.44. The maximum atomic E-state index is 6.38. The Morgan fingerprint density at radius 2 is 2.21 bits per heavy atom. The van der Waals surface area contributed by atoms with E-state index in [1.54, 1.807) is 6.20 Å². The zero-order valence-electron chi connectivity index (χ0n) is 12.3. The van der Waals surface area contributed by atoms with Crippen LogP contribution in [0.2, 0.25) is 5.02 Å². The molecule has 2 rings (SSSR count). The minimum atomic E-state index is 0.473. The summed E-state index contributed by atoms with van der Waals surface area (Å²) in [5, 5.41) is 5.21. The van der Waals surface area contributed by atoms with Gasteiger partial charge in [-0.3, -0.25) is 4.68 Å². The van der Waals surface area contributed by atoms with Crippen LogP contribution in [-0.2, 0) is 6.54 Å². The van der Waals surface area contributed by atoms with Gasteiger partial charge < -0.3 is 5.73 Å². The average Bonchev–Trinajstić information content (AvgIpc) is 2.78. The van der Waals surface area contributed by atoms with E-state index in [-0.39, 0.29) is 0 Å². The molecule has 2 N–H and O–H groups in total. The lowest BCUT2D eigenvalue weighted by Gasteiger charge is -2.37. The molecule has 3 unspecified atom stereocenters. The second-order valence-corrected chi connectivity index (χ2v) is 6.52. The van der Waals surface area contributed by atoms with Gasteiger partial charge >= 0.3 is 0 Å². The third-order valence-corrected chi connectivity index (χ3v) is 5.05. The first-order valence-corrected chi connectivity index (χ1v) is 7.87. The molecule has 1 fully saturated rings. The van der Waals surface area contributed by atoms with Crippen LogP contribution >= 0.6 is 11.6 Å². The molecule has 19 heavy (non-hydrogen) atoms. The molecule has 0 aliphatic heterocycles. The highest BCUT2D eigenvalue weighted by molar-refractivity contribution is 6.31. The molecule has 0 amide bonds. The van der Waals surface area contributed by atoms with Crippen molar-refractivity contribution in [1.82, 2.24) is 9.78 Å². The van der Waals surface area contributed by atoms with E-state index in [0.29, 0.717) is 11.8 Å². The van der Waals surface area contributed by atoms with Gasteiger partial charge in [-0.25, -0.2) is 0 Å². The van der Waals surface area contributed by atoms with Crippen LogP contribution in [0.1, 0.15) is 51.6 Å². The molecule has 1 aliphatic carbocycles. The Kier molecular flexibility index (Phi) is 4.91. The summed E-state index contributed by atoms with van der Waals surface area (Å²) < 4.78 is 2.05. The summed E-state index contributed by atoms with van der Waals surface area (Å²) in [6, 6.07) is 0. The Morgan fingerprint density at radius 3 is 2.79 bits per heavy atom. The van der Waals surface area contributed by atoms with Crippen LogP contribution in [0.25, 0.3) is 0 Å². The number of nitrogens with two attached hydrogens (primary N) is 1. The third kappa shape index (κ3) is 2.97. The van der Waals surface area contributed by atoms with Crippen molar-refractivity contribution in [3.05, 3.63) is 16.9 Å². The van der Waals surface area contributed by atoms with Gasteiger partial charge in [0.25, 0.3) is 0 Å². The van der Waals surface area contributed by atoms with Crippen LogP contribution in [0.4, 0.5) is 0 Å². The molecule has 1 heterocycles. The normalized spacial score (nSPS) is 28.0. The van der Waals surface area contributed by atoms with Crippen molar-refractivity contribution in [3.8, 4) is 0 Å². The number of rotatable bonds is 4. The molecule has 0 aromatic carbocycles. The predicted octanol–water partition coefficient (Wildman–Crippen LogP) is 3.67. The van der Waals surface area contributed by atoms with Crippen molar-refractivity contribution in [2.24, 2.45) is 23.5 Å². The molecule has 1 aromatic heterocycles. The standard InChI is InChI=1S/C15H26ClN3/c1-4-19-15(14(16)9-18-19)13-7-11(10(2)3)5-6-12(13)8-17/h9-13H,4-8,17H2,1-3H3. The van der Waals surface area contributed by atoms with Crippen molar-refractivity contribution in [2.45, 2.75) is 52.5 Å². The molecule has 0 spiro atoms. The van der Waals surface area contributed by atoms with Crippen LogP contribution in [0.5, 0.6) is 0 Å². The minimum Gasteiger partial charge on any atom is -0.330 e. The number of aryl methyl sites for hydroxylation is 1. The van der Waals surface area contributed by atoms with Crippen molar-refractivity contribution in [1.29, 1.82) is 0 Å². The molecular formula is C15H26ClN3. The molecule has 0 bridgehead atoms. The number of aromatic nitrogens is 2. The fourth-order valence-electron chi connectivity index (χ4n) is 3.48. The zero-order valence-corrected chi connectivity index (χ0v) is 13.0. The highest BCUT2D eigenvalue weighted by atomic mass is 35.5. The van der Waals surface area contributed by atoms with E-state index in [0.717, 1.165) is 29.9 Å². The first-order chi connectivity index (χ1) is 9.08. The van der Waals surface area contributed by atoms with Crippen LogP contribution in [0, 0.1) is 17.8 Å². The van der Waals surface area contributed by atoms with Gasteiger partial charge in [0.2, 0.25) is 0 Å². The van der Waals surface area contributed by atoms with Crippen LogP contribution in [0.15, 0.2) is 6.20 Å². The lowest BCUT2D eigenvalue weighted by molar-refractivity contribution is 0.191. The van der Waals surface area contributed by atoms with E-state index in [4.69, 9.17) is 17.3 Å². The fraction of sp³-hybridized carbons (Fsp3) is 0.800. The Morgan fingerprint density at radius 1 is 1.47 bits per heavy atom. The number of hydrogen-bond acceptors (Lipinski definition) is 2. The SMILES string of the molecule is CCn1ncc(Cl)c1C1CC(C(C)C)CCC1CN. The van der Waals surface area contributed by atoms with Crippen molar-refractivity contribution >= 4 is 11.6 Å². The smallest absolute Gasteiger partial charge is 0.0820 e. The Labute approximate surface area is 121 Å². The van der Waals surface area contributed by atoms with Crippen LogP contribution < -0.4 is 5.73 Å². The van der Waals surface area contributed by atoms with E-state index in [1.807, 2.05) is 0 Å². The molecule has 1 aliphatic rings. The Hall–Kier alpha value is -0.540. The second kappa shape index (κ2) is 6.27. The van der Waals surface area contributed by atoms with Crippen LogP contribution in [0.3, 0.4) is 0 Å². The molecule has 0 saturated heterocycles. The Bertz CT molecular complexity index is 414. The van der Waals surface area contributed by atoms with Gasteiger partial charge in [0.1, 0.15) is 0 Å².